The van der Waals surface area contributed by atoms with Gasteiger partial charge in [-0.25, -0.2) is 0 Å². The van der Waals surface area contributed by atoms with E-state index in [-0.39, 0.29) is 0 Å². The van der Waals surface area contributed by atoms with Crippen LogP contribution in [0.2, 0.25) is 0 Å². The smallest absolute Gasteiger partial charge is 0.0141 e. The van der Waals surface area contributed by atoms with Gasteiger partial charge in [0, 0.05) is 22.0 Å². The van der Waals surface area contributed by atoms with Crippen LogP contribution in [-0.2, 0) is 0 Å². The van der Waals surface area contributed by atoms with Crippen LogP contribution in [0.1, 0.15) is 6.42 Å². The van der Waals surface area contributed by atoms with Gasteiger partial charge in [0.15, 0.2) is 0 Å². The van der Waals surface area contributed by atoms with Crippen LogP contribution >= 0.6 is 63.1 Å². The van der Waals surface area contributed by atoms with Crippen LogP contribution < -0.4 is 0 Å². The van der Waals surface area contributed by atoms with Crippen LogP contribution in [0.5, 0.6) is 0 Å². The van der Waals surface area contributed by atoms with E-state index in [1.54, 1.807) is 0 Å². The maximum Gasteiger partial charge on any atom is 0.0141 e. The Labute approximate surface area is 103 Å². The summed E-state index contributed by atoms with van der Waals surface area (Å²) in [7, 11) is 0. The normalized spacial score (nSPS) is 18.8. The zero-order valence-corrected chi connectivity index (χ0v) is 11.3. The molecule has 0 heterocycles. The maximum absolute atomic E-state index is 4.43. The molecule has 0 saturated carbocycles. The minimum Gasteiger partial charge on any atom is -0.179 e. The predicted octanol–water partition coefficient (Wildman–Crippen LogP) is 2.38. The van der Waals surface area contributed by atoms with Gasteiger partial charge in [-0.3, -0.25) is 0 Å². The first-order valence-electron chi connectivity index (χ1n) is 3.84. The molecule has 74 valence electrons. The van der Waals surface area contributed by atoms with E-state index >= 15 is 0 Å². The standard InChI is InChI=1S/C7H16S5/c8-2-5(7(12)4-10)1-6(11)3-9/h5-12H,1-4H2. The van der Waals surface area contributed by atoms with Crippen molar-refractivity contribution in [2.45, 2.75) is 16.9 Å². The summed E-state index contributed by atoms with van der Waals surface area (Å²) >= 11 is 21.5. The summed E-state index contributed by atoms with van der Waals surface area (Å²) in [5, 5.41) is 0.667. The number of rotatable bonds is 6. The lowest BCUT2D eigenvalue weighted by Gasteiger charge is -2.22. The Bertz CT molecular complexity index is 108. The average molecular weight is 261 g/mol. The largest absolute Gasteiger partial charge is 0.179 e. The van der Waals surface area contributed by atoms with E-state index < -0.39 is 0 Å². The first-order valence-corrected chi connectivity index (χ1v) is 6.77. The molecule has 0 fully saturated rings. The van der Waals surface area contributed by atoms with E-state index in [2.05, 4.69) is 63.1 Å². The van der Waals surface area contributed by atoms with Crippen LogP contribution in [0.3, 0.4) is 0 Å². The minimum absolute atomic E-state index is 0.320. The van der Waals surface area contributed by atoms with E-state index in [9.17, 15) is 0 Å². The molecule has 0 aliphatic carbocycles. The molecule has 3 atom stereocenters. The molecule has 5 heteroatoms. The monoisotopic (exact) mass is 260 g/mol. The topological polar surface area (TPSA) is 0 Å². The highest BCUT2D eigenvalue weighted by Crippen LogP contribution is 2.21. The van der Waals surface area contributed by atoms with Gasteiger partial charge in [0.2, 0.25) is 0 Å². The Balaban J connectivity index is 3.81. The molecular formula is C7H16S5. The quantitative estimate of drug-likeness (QED) is 0.445. The lowest BCUT2D eigenvalue weighted by molar-refractivity contribution is 0.547. The second-order valence-electron chi connectivity index (χ2n) is 2.76. The van der Waals surface area contributed by atoms with Crippen LogP contribution in [0.4, 0.5) is 0 Å². The molecule has 0 N–H and O–H groups in total. The van der Waals surface area contributed by atoms with Crippen LogP contribution in [0.25, 0.3) is 0 Å². The highest BCUT2D eigenvalue weighted by molar-refractivity contribution is 7.85. The summed E-state index contributed by atoms with van der Waals surface area (Å²) in [6, 6.07) is 0. The second-order valence-corrected chi connectivity index (χ2v) is 5.25. The van der Waals surface area contributed by atoms with Gasteiger partial charge in [0.25, 0.3) is 0 Å². The Morgan fingerprint density at radius 2 is 1.42 bits per heavy atom. The summed E-state index contributed by atoms with van der Waals surface area (Å²) in [6.07, 6.45) is 1.02. The number of hydrogen-bond donors (Lipinski definition) is 5. The molecular weight excluding hydrogens is 244 g/mol. The first kappa shape index (κ1) is 13.8. The molecule has 0 aliphatic rings. The SMILES string of the molecule is SCC(S)CC(CS)C(S)CS. The minimum atomic E-state index is 0.320. The molecule has 3 unspecified atom stereocenters. The molecule has 0 saturated heterocycles. The first-order chi connectivity index (χ1) is 5.65. The van der Waals surface area contributed by atoms with Crippen molar-refractivity contribution in [1.29, 1.82) is 0 Å². The van der Waals surface area contributed by atoms with E-state index in [0.717, 1.165) is 23.7 Å². The summed E-state index contributed by atoms with van der Waals surface area (Å²) in [4.78, 5) is 0. The molecule has 0 bridgehead atoms. The molecule has 0 aromatic rings. The summed E-state index contributed by atoms with van der Waals surface area (Å²) in [5.74, 6) is 2.94. The van der Waals surface area contributed by atoms with Crippen molar-refractivity contribution in [2.24, 2.45) is 5.92 Å². The van der Waals surface area contributed by atoms with Crippen molar-refractivity contribution in [2.75, 3.05) is 17.3 Å². The molecule has 0 amide bonds. The van der Waals surface area contributed by atoms with Crippen molar-refractivity contribution in [1.82, 2.24) is 0 Å². The van der Waals surface area contributed by atoms with Gasteiger partial charge in [-0.15, -0.1) is 0 Å². The second kappa shape index (κ2) is 8.09. The maximum atomic E-state index is 4.43. The van der Waals surface area contributed by atoms with Crippen molar-refractivity contribution >= 4 is 63.1 Å². The molecule has 0 nitrogen and oxygen atoms in total. The third kappa shape index (κ3) is 5.47. The van der Waals surface area contributed by atoms with Crippen LogP contribution in [0, 0.1) is 5.92 Å². The third-order valence-corrected chi connectivity index (χ3v) is 4.63. The molecule has 0 aromatic carbocycles. The number of thiol groups is 5. The zero-order valence-electron chi connectivity index (χ0n) is 6.80. The number of hydrogen-bond acceptors (Lipinski definition) is 5. The van der Waals surface area contributed by atoms with Gasteiger partial charge in [0.05, 0.1) is 0 Å². The molecule has 0 aromatic heterocycles. The fraction of sp³-hybridized carbons (Fsp3) is 1.00. The molecule has 0 radical (unpaired) electrons. The summed E-state index contributed by atoms with van der Waals surface area (Å²) in [5.41, 5.74) is 0. The highest BCUT2D eigenvalue weighted by Gasteiger charge is 2.17. The third-order valence-electron chi connectivity index (χ3n) is 1.75. The predicted molar refractivity (Wildman–Crippen MR) is 75.2 cm³/mol. The lowest BCUT2D eigenvalue weighted by Crippen LogP contribution is -2.22. The van der Waals surface area contributed by atoms with Crippen molar-refractivity contribution in [3.63, 3.8) is 0 Å². The van der Waals surface area contributed by atoms with E-state index in [0.29, 0.717) is 16.4 Å². The summed E-state index contributed by atoms with van der Waals surface area (Å²) < 4.78 is 0. The Kier molecular flexibility index (Phi) is 9.27. The van der Waals surface area contributed by atoms with Crippen molar-refractivity contribution in [3.05, 3.63) is 0 Å². The Morgan fingerprint density at radius 3 is 1.75 bits per heavy atom. The fourth-order valence-electron chi connectivity index (χ4n) is 0.926. The van der Waals surface area contributed by atoms with Crippen molar-refractivity contribution in [3.8, 4) is 0 Å². The summed E-state index contributed by atoms with van der Waals surface area (Å²) in [6.45, 7) is 0. The molecule has 0 spiro atoms. The molecule has 0 rings (SSSR count). The van der Waals surface area contributed by atoms with Gasteiger partial charge in [-0.1, -0.05) is 0 Å². The van der Waals surface area contributed by atoms with Gasteiger partial charge >= 0.3 is 0 Å². The zero-order chi connectivity index (χ0) is 9.56. The highest BCUT2D eigenvalue weighted by atomic mass is 32.1. The van der Waals surface area contributed by atoms with Crippen LogP contribution in [0.15, 0.2) is 0 Å². The van der Waals surface area contributed by atoms with Gasteiger partial charge in [0.1, 0.15) is 0 Å². The Hall–Kier alpha value is 1.75. The van der Waals surface area contributed by atoms with Gasteiger partial charge < -0.3 is 0 Å². The Morgan fingerprint density at radius 1 is 0.833 bits per heavy atom. The van der Waals surface area contributed by atoms with Gasteiger partial charge in [-0.2, -0.15) is 63.1 Å². The van der Waals surface area contributed by atoms with Gasteiger partial charge in [-0.05, 0) is 18.1 Å². The van der Waals surface area contributed by atoms with E-state index in [4.69, 9.17) is 0 Å². The van der Waals surface area contributed by atoms with E-state index in [1.165, 1.54) is 0 Å². The lowest BCUT2D eigenvalue weighted by atomic mass is 10.0. The van der Waals surface area contributed by atoms with Crippen molar-refractivity contribution < 1.29 is 0 Å². The van der Waals surface area contributed by atoms with E-state index in [1.807, 2.05) is 0 Å². The molecule has 0 aliphatic heterocycles. The molecule has 12 heavy (non-hydrogen) atoms. The van der Waals surface area contributed by atoms with Crippen LogP contribution in [-0.4, -0.2) is 27.8 Å². The fourth-order valence-corrected chi connectivity index (χ4v) is 2.44. The average Bonchev–Trinajstić information content (AvgIpc) is 2.12.